The molecule has 0 aliphatic rings. The Kier molecular flexibility index (Phi) is 3.76. The highest BCUT2D eigenvalue weighted by atomic mass is 14.9. The van der Waals surface area contributed by atoms with Crippen molar-refractivity contribution >= 4 is 17.5 Å². The number of nitrogens with one attached hydrogen (secondary N) is 1. The number of aromatic nitrogens is 1. The molecule has 17 heavy (non-hydrogen) atoms. The minimum atomic E-state index is 0.739. The summed E-state index contributed by atoms with van der Waals surface area (Å²) in [6.07, 6.45) is 7.66. The summed E-state index contributed by atoms with van der Waals surface area (Å²) in [6, 6.07) is 11.7. The number of nitrogen functional groups attached to an aromatic ring is 1. The third-order valence-corrected chi connectivity index (χ3v) is 2.37. The standard InChI is InChI=1S/C14H15N3/c15-13-7-1-2-8-14(13)17-10-4-6-12-5-3-9-16-11-12/h1-9,11,17H,10,15H2. The van der Waals surface area contributed by atoms with Crippen LogP contribution in [0.25, 0.3) is 6.08 Å². The van der Waals surface area contributed by atoms with E-state index in [1.54, 1.807) is 6.20 Å². The molecule has 0 spiro atoms. The Morgan fingerprint density at radius 2 is 2.06 bits per heavy atom. The van der Waals surface area contributed by atoms with Gasteiger partial charge in [0.15, 0.2) is 0 Å². The molecule has 1 aromatic heterocycles. The first kappa shape index (κ1) is 11.2. The highest BCUT2D eigenvalue weighted by Crippen LogP contribution is 2.16. The van der Waals surface area contributed by atoms with Crippen LogP contribution in [0, 0.1) is 0 Å². The average molecular weight is 225 g/mol. The van der Waals surface area contributed by atoms with Gasteiger partial charge in [0.05, 0.1) is 11.4 Å². The second kappa shape index (κ2) is 5.70. The highest BCUT2D eigenvalue weighted by molar-refractivity contribution is 5.66. The van der Waals surface area contributed by atoms with Crippen LogP contribution >= 0.6 is 0 Å². The zero-order valence-electron chi connectivity index (χ0n) is 9.51. The van der Waals surface area contributed by atoms with Gasteiger partial charge in [-0.15, -0.1) is 0 Å². The molecule has 0 saturated carbocycles. The van der Waals surface area contributed by atoms with Crippen molar-refractivity contribution in [3.05, 3.63) is 60.4 Å². The van der Waals surface area contributed by atoms with Gasteiger partial charge in [0.1, 0.15) is 0 Å². The third-order valence-electron chi connectivity index (χ3n) is 2.37. The van der Waals surface area contributed by atoms with Crippen LogP contribution in [-0.2, 0) is 0 Å². The summed E-state index contributed by atoms with van der Waals surface area (Å²) in [5.41, 5.74) is 8.64. The number of hydrogen-bond donors (Lipinski definition) is 2. The molecule has 1 aromatic carbocycles. The summed E-state index contributed by atoms with van der Waals surface area (Å²) >= 11 is 0. The smallest absolute Gasteiger partial charge is 0.0576 e. The molecule has 0 fully saturated rings. The second-order valence-corrected chi connectivity index (χ2v) is 3.66. The lowest BCUT2D eigenvalue weighted by atomic mass is 10.2. The molecule has 3 nitrogen and oxygen atoms in total. The van der Waals surface area contributed by atoms with Gasteiger partial charge in [0.2, 0.25) is 0 Å². The van der Waals surface area contributed by atoms with Gasteiger partial charge in [0, 0.05) is 18.9 Å². The van der Waals surface area contributed by atoms with Gasteiger partial charge in [-0.1, -0.05) is 30.4 Å². The third kappa shape index (κ3) is 3.34. The van der Waals surface area contributed by atoms with Gasteiger partial charge < -0.3 is 11.1 Å². The van der Waals surface area contributed by atoms with Crippen molar-refractivity contribution < 1.29 is 0 Å². The fourth-order valence-electron chi connectivity index (χ4n) is 1.50. The van der Waals surface area contributed by atoms with E-state index in [1.165, 1.54) is 0 Å². The first-order valence-corrected chi connectivity index (χ1v) is 5.51. The Balaban J connectivity index is 1.88. The Morgan fingerprint density at radius 3 is 2.82 bits per heavy atom. The monoisotopic (exact) mass is 225 g/mol. The lowest BCUT2D eigenvalue weighted by molar-refractivity contribution is 1.31. The van der Waals surface area contributed by atoms with E-state index in [-0.39, 0.29) is 0 Å². The molecule has 0 aliphatic carbocycles. The number of benzene rings is 1. The largest absolute Gasteiger partial charge is 0.397 e. The predicted molar refractivity (Wildman–Crippen MR) is 72.6 cm³/mol. The fourth-order valence-corrected chi connectivity index (χ4v) is 1.50. The van der Waals surface area contributed by atoms with Crippen molar-refractivity contribution in [1.29, 1.82) is 0 Å². The van der Waals surface area contributed by atoms with Crippen LogP contribution in [0.15, 0.2) is 54.9 Å². The van der Waals surface area contributed by atoms with E-state index in [4.69, 9.17) is 5.73 Å². The van der Waals surface area contributed by atoms with Crippen LogP contribution in [0.3, 0.4) is 0 Å². The maximum Gasteiger partial charge on any atom is 0.0576 e. The van der Waals surface area contributed by atoms with E-state index in [0.717, 1.165) is 23.5 Å². The van der Waals surface area contributed by atoms with E-state index in [2.05, 4.69) is 10.3 Å². The van der Waals surface area contributed by atoms with Crippen LogP contribution < -0.4 is 11.1 Å². The molecule has 0 bridgehead atoms. The van der Waals surface area contributed by atoms with Crippen molar-refractivity contribution in [1.82, 2.24) is 4.98 Å². The first-order valence-electron chi connectivity index (χ1n) is 5.51. The van der Waals surface area contributed by atoms with E-state index in [9.17, 15) is 0 Å². The van der Waals surface area contributed by atoms with Crippen LogP contribution in [0.1, 0.15) is 5.56 Å². The van der Waals surface area contributed by atoms with Crippen molar-refractivity contribution in [2.45, 2.75) is 0 Å². The predicted octanol–water partition coefficient (Wildman–Crippen LogP) is 2.79. The SMILES string of the molecule is Nc1ccccc1NCC=Cc1cccnc1. The molecule has 3 N–H and O–H groups in total. The lowest BCUT2D eigenvalue weighted by Gasteiger charge is -2.05. The van der Waals surface area contributed by atoms with Gasteiger partial charge in [-0.25, -0.2) is 0 Å². The summed E-state index contributed by atoms with van der Waals surface area (Å²) < 4.78 is 0. The van der Waals surface area contributed by atoms with Crippen molar-refractivity contribution in [2.24, 2.45) is 0 Å². The summed E-state index contributed by atoms with van der Waals surface area (Å²) in [4.78, 5) is 4.04. The Bertz CT molecular complexity index is 492. The van der Waals surface area contributed by atoms with Crippen LogP contribution in [0.2, 0.25) is 0 Å². The minimum absolute atomic E-state index is 0.739. The zero-order valence-corrected chi connectivity index (χ0v) is 9.51. The van der Waals surface area contributed by atoms with Gasteiger partial charge in [-0.3, -0.25) is 4.98 Å². The van der Waals surface area contributed by atoms with Crippen molar-refractivity contribution in [3.63, 3.8) is 0 Å². The van der Waals surface area contributed by atoms with Crippen molar-refractivity contribution in [3.8, 4) is 0 Å². The first-order chi connectivity index (χ1) is 8.36. The number of para-hydroxylation sites is 2. The minimum Gasteiger partial charge on any atom is -0.397 e. The zero-order chi connectivity index (χ0) is 11.9. The molecule has 0 amide bonds. The number of rotatable bonds is 4. The molecule has 2 rings (SSSR count). The quantitative estimate of drug-likeness (QED) is 0.787. The summed E-state index contributed by atoms with van der Waals surface area (Å²) in [5.74, 6) is 0. The Hall–Kier alpha value is -2.29. The number of hydrogen-bond acceptors (Lipinski definition) is 3. The molecular formula is C14H15N3. The van der Waals surface area contributed by atoms with Crippen LogP contribution in [0.5, 0.6) is 0 Å². The molecule has 0 saturated heterocycles. The topological polar surface area (TPSA) is 50.9 Å². The molecule has 0 aliphatic heterocycles. The molecule has 2 aromatic rings. The van der Waals surface area contributed by atoms with Gasteiger partial charge in [0.25, 0.3) is 0 Å². The Labute approximate surface area is 101 Å². The number of pyridine rings is 1. The number of anilines is 2. The molecular weight excluding hydrogens is 210 g/mol. The normalized spacial score (nSPS) is 10.6. The maximum atomic E-state index is 5.82. The summed E-state index contributed by atoms with van der Waals surface area (Å²) in [6.45, 7) is 0.739. The van der Waals surface area contributed by atoms with Crippen molar-refractivity contribution in [2.75, 3.05) is 17.6 Å². The maximum absolute atomic E-state index is 5.82. The Morgan fingerprint density at radius 1 is 1.18 bits per heavy atom. The fraction of sp³-hybridized carbons (Fsp3) is 0.0714. The number of nitrogens with two attached hydrogens (primary N) is 1. The van der Waals surface area contributed by atoms with Crippen LogP contribution in [-0.4, -0.2) is 11.5 Å². The molecule has 1 heterocycles. The molecule has 0 atom stereocenters. The second-order valence-electron chi connectivity index (χ2n) is 3.66. The molecule has 3 heteroatoms. The van der Waals surface area contributed by atoms with Gasteiger partial charge in [-0.2, -0.15) is 0 Å². The van der Waals surface area contributed by atoms with E-state index in [0.29, 0.717) is 0 Å². The molecule has 86 valence electrons. The lowest BCUT2D eigenvalue weighted by Crippen LogP contribution is -2.01. The molecule has 0 radical (unpaired) electrons. The van der Waals surface area contributed by atoms with E-state index in [1.807, 2.05) is 54.7 Å². The highest BCUT2D eigenvalue weighted by Gasteiger charge is 1.93. The average Bonchev–Trinajstić information content (AvgIpc) is 2.38. The molecule has 0 unspecified atom stereocenters. The summed E-state index contributed by atoms with van der Waals surface area (Å²) in [7, 11) is 0. The van der Waals surface area contributed by atoms with Gasteiger partial charge in [-0.05, 0) is 23.8 Å². The van der Waals surface area contributed by atoms with E-state index >= 15 is 0 Å². The van der Waals surface area contributed by atoms with Gasteiger partial charge >= 0.3 is 0 Å². The summed E-state index contributed by atoms with van der Waals surface area (Å²) in [5, 5.41) is 3.25. The van der Waals surface area contributed by atoms with Crippen LogP contribution in [0.4, 0.5) is 11.4 Å². The van der Waals surface area contributed by atoms with E-state index < -0.39 is 0 Å². The number of nitrogens with zero attached hydrogens (tertiary/aromatic N) is 1.